The van der Waals surface area contributed by atoms with Crippen LogP contribution in [0.5, 0.6) is 5.75 Å². The van der Waals surface area contributed by atoms with Crippen LogP contribution in [0.15, 0.2) is 65.1 Å². The topological polar surface area (TPSA) is 20.2 Å². The molecule has 0 spiro atoms. The summed E-state index contributed by atoms with van der Waals surface area (Å²) in [4.78, 5) is 0. The Morgan fingerprint density at radius 1 is 0.909 bits per heavy atom. The Bertz CT molecular complexity index is 834. The highest BCUT2D eigenvalue weighted by Crippen LogP contribution is 2.43. The van der Waals surface area contributed by atoms with Crippen molar-refractivity contribution in [3.63, 3.8) is 0 Å². The first-order valence-electron chi connectivity index (χ1n) is 6.60. The molecule has 0 saturated heterocycles. The molecule has 1 nitrogen and oxygen atoms in total. The largest absolute Gasteiger partial charge is 0.506 e. The predicted octanol–water partition coefficient (Wildman–Crippen LogP) is 6.28. The molecule has 3 rings (SSSR count). The quantitative estimate of drug-likeness (QED) is 0.557. The Morgan fingerprint density at radius 3 is 2.27 bits per heavy atom. The predicted molar refractivity (Wildman–Crippen MR) is 91.6 cm³/mol. The van der Waals surface area contributed by atoms with Gasteiger partial charge in [0.2, 0.25) is 0 Å². The normalized spacial score (nSPS) is 10.7. The highest BCUT2D eigenvalue weighted by Gasteiger charge is 2.18. The Labute approximate surface area is 141 Å². The summed E-state index contributed by atoms with van der Waals surface area (Å²) in [7, 11) is 0. The molecule has 0 amide bonds. The molecule has 0 saturated carbocycles. The fourth-order valence-corrected chi connectivity index (χ4v) is 2.88. The monoisotopic (exact) mass is 376 g/mol. The molecule has 1 N–H and O–H groups in total. The number of hydrogen-bond acceptors (Lipinski definition) is 1. The molecule has 0 heterocycles. The maximum Gasteiger partial charge on any atom is 0.138 e. The number of halogens is 3. The van der Waals surface area contributed by atoms with Crippen LogP contribution in [0.2, 0.25) is 5.02 Å². The van der Waals surface area contributed by atoms with Crippen molar-refractivity contribution in [3.05, 3.63) is 76.0 Å². The van der Waals surface area contributed by atoms with Crippen molar-refractivity contribution < 1.29 is 9.50 Å². The van der Waals surface area contributed by atoms with Crippen molar-refractivity contribution in [3.8, 4) is 28.0 Å². The second-order valence-corrected chi connectivity index (χ2v) is 6.10. The van der Waals surface area contributed by atoms with Crippen LogP contribution in [-0.2, 0) is 0 Å². The molecule has 22 heavy (non-hydrogen) atoms. The lowest BCUT2D eigenvalue weighted by Gasteiger charge is -2.14. The first-order valence-corrected chi connectivity index (χ1v) is 7.77. The molecule has 0 fully saturated rings. The van der Waals surface area contributed by atoms with Gasteiger partial charge in [0.1, 0.15) is 11.6 Å². The number of phenols is 1. The minimum atomic E-state index is -0.474. The van der Waals surface area contributed by atoms with E-state index in [-0.39, 0.29) is 5.75 Å². The molecule has 4 heteroatoms. The summed E-state index contributed by atoms with van der Waals surface area (Å²) in [5.41, 5.74) is 2.40. The number of aromatic hydroxyl groups is 1. The van der Waals surface area contributed by atoms with Crippen LogP contribution in [0.3, 0.4) is 0 Å². The van der Waals surface area contributed by atoms with E-state index in [4.69, 9.17) is 11.6 Å². The maximum atomic E-state index is 14.3. The lowest BCUT2D eigenvalue weighted by atomic mass is 9.93. The van der Waals surface area contributed by atoms with Crippen molar-refractivity contribution in [1.82, 2.24) is 0 Å². The van der Waals surface area contributed by atoms with E-state index in [9.17, 15) is 9.50 Å². The first-order chi connectivity index (χ1) is 10.6. The van der Waals surface area contributed by atoms with Gasteiger partial charge in [0, 0.05) is 16.1 Å². The van der Waals surface area contributed by atoms with Crippen LogP contribution >= 0.6 is 27.5 Å². The summed E-state index contributed by atoms with van der Waals surface area (Å²) in [6.45, 7) is 0. The Hall–Kier alpha value is -1.84. The van der Waals surface area contributed by atoms with E-state index in [1.165, 1.54) is 6.07 Å². The molecular weight excluding hydrogens is 367 g/mol. The summed E-state index contributed by atoms with van der Waals surface area (Å²) >= 11 is 9.11. The fourth-order valence-electron chi connectivity index (χ4n) is 2.39. The highest BCUT2D eigenvalue weighted by molar-refractivity contribution is 9.10. The molecule has 3 aromatic rings. The van der Waals surface area contributed by atoms with Crippen LogP contribution in [-0.4, -0.2) is 5.11 Å². The Morgan fingerprint density at radius 2 is 1.59 bits per heavy atom. The first kappa shape index (κ1) is 15.1. The minimum Gasteiger partial charge on any atom is -0.506 e. The molecule has 3 aromatic carbocycles. The molecule has 0 unspecified atom stereocenters. The zero-order chi connectivity index (χ0) is 15.7. The van der Waals surface area contributed by atoms with Crippen LogP contribution in [0.25, 0.3) is 22.3 Å². The van der Waals surface area contributed by atoms with Gasteiger partial charge in [0.05, 0.1) is 4.47 Å². The zero-order valence-corrected chi connectivity index (χ0v) is 13.7. The lowest BCUT2D eigenvalue weighted by Crippen LogP contribution is -1.90. The van der Waals surface area contributed by atoms with Gasteiger partial charge in [0.25, 0.3) is 0 Å². The Balaban J connectivity index is 2.32. The average Bonchev–Trinajstić information content (AvgIpc) is 2.51. The molecule has 0 aliphatic heterocycles. The van der Waals surface area contributed by atoms with Gasteiger partial charge < -0.3 is 5.11 Å². The second-order valence-electron chi connectivity index (χ2n) is 4.81. The molecule has 0 radical (unpaired) electrons. The molecule has 0 aliphatic rings. The van der Waals surface area contributed by atoms with Gasteiger partial charge in [-0.05, 0) is 51.3 Å². The van der Waals surface area contributed by atoms with Crippen molar-refractivity contribution in [2.24, 2.45) is 0 Å². The number of benzene rings is 3. The molecule has 110 valence electrons. The third kappa shape index (κ3) is 2.74. The van der Waals surface area contributed by atoms with E-state index < -0.39 is 5.82 Å². The van der Waals surface area contributed by atoms with Crippen molar-refractivity contribution >= 4 is 27.5 Å². The molecule has 0 bridgehead atoms. The average molecular weight is 378 g/mol. The van der Waals surface area contributed by atoms with E-state index in [2.05, 4.69) is 15.9 Å². The van der Waals surface area contributed by atoms with Gasteiger partial charge in [-0.2, -0.15) is 0 Å². The van der Waals surface area contributed by atoms with E-state index in [0.717, 1.165) is 11.1 Å². The third-order valence-electron chi connectivity index (χ3n) is 3.41. The van der Waals surface area contributed by atoms with Crippen molar-refractivity contribution in [1.29, 1.82) is 0 Å². The standard InChI is InChI=1S/C18H11BrClFO/c19-15-9-8-13(11-4-2-1-3-5-11)17(18(15)22)14-7-6-12(20)10-16(14)21/h1-10,22H. The van der Waals surface area contributed by atoms with Crippen LogP contribution < -0.4 is 0 Å². The van der Waals surface area contributed by atoms with Crippen LogP contribution in [0, 0.1) is 5.82 Å². The SMILES string of the molecule is Oc1c(Br)ccc(-c2ccccc2)c1-c1ccc(Cl)cc1F. The lowest BCUT2D eigenvalue weighted by molar-refractivity contribution is 0.473. The summed E-state index contributed by atoms with van der Waals surface area (Å²) in [5.74, 6) is -0.472. The van der Waals surface area contributed by atoms with E-state index in [1.54, 1.807) is 18.2 Å². The van der Waals surface area contributed by atoms with Gasteiger partial charge in [-0.3, -0.25) is 0 Å². The molecule has 0 atom stereocenters. The summed E-state index contributed by atoms with van der Waals surface area (Å²) in [6, 6.07) is 17.6. The van der Waals surface area contributed by atoms with Gasteiger partial charge in [-0.15, -0.1) is 0 Å². The van der Waals surface area contributed by atoms with Crippen LogP contribution in [0.1, 0.15) is 0 Å². The molecular formula is C18H11BrClFO. The zero-order valence-electron chi connectivity index (χ0n) is 11.4. The van der Waals surface area contributed by atoms with Gasteiger partial charge in [0.15, 0.2) is 0 Å². The van der Waals surface area contributed by atoms with E-state index >= 15 is 0 Å². The smallest absolute Gasteiger partial charge is 0.138 e. The van der Waals surface area contributed by atoms with Gasteiger partial charge in [-0.25, -0.2) is 4.39 Å². The van der Waals surface area contributed by atoms with Crippen molar-refractivity contribution in [2.45, 2.75) is 0 Å². The second kappa shape index (κ2) is 6.11. The number of rotatable bonds is 2. The van der Waals surface area contributed by atoms with Crippen LogP contribution in [0.4, 0.5) is 4.39 Å². The minimum absolute atomic E-state index is 0.00238. The van der Waals surface area contributed by atoms with Gasteiger partial charge >= 0.3 is 0 Å². The van der Waals surface area contributed by atoms with E-state index in [1.807, 2.05) is 36.4 Å². The molecule has 0 aliphatic carbocycles. The summed E-state index contributed by atoms with van der Waals surface area (Å²) in [5, 5.41) is 10.8. The van der Waals surface area contributed by atoms with Gasteiger partial charge in [-0.1, -0.05) is 48.0 Å². The number of phenolic OH excluding ortho intramolecular Hbond substituents is 1. The fraction of sp³-hybridized carbons (Fsp3) is 0. The Kier molecular flexibility index (Phi) is 4.19. The van der Waals surface area contributed by atoms with E-state index in [0.29, 0.717) is 20.6 Å². The highest BCUT2D eigenvalue weighted by atomic mass is 79.9. The third-order valence-corrected chi connectivity index (χ3v) is 4.29. The number of hydrogen-bond donors (Lipinski definition) is 1. The summed E-state index contributed by atoms with van der Waals surface area (Å²) in [6.07, 6.45) is 0. The maximum absolute atomic E-state index is 14.3. The molecule has 0 aromatic heterocycles. The van der Waals surface area contributed by atoms with Crippen molar-refractivity contribution in [2.75, 3.05) is 0 Å². The summed E-state index contributed by atoms with van der Waals surface area (Å²) < 4.78 is 14.8.